The first-order chi connectivity index (χ1) is 7.26. The van der Waals surface area contributed by atoms with Gasteiger partial charge in [-0.25, -0.2) is 0 Å². The van der Waals surface area contributed by atoms with Gasteiger partial charge < -0.3 is 10.6 Å². The Morgan fingerprint density at radius 1 is 1.33 bits per heavy atom. The first-order valence-corrected chi connectivity index (χ1v) is 4.83. The van der Waals surface area contributed by atoms with Gasteiger partial charge >= 0.3 is 0 Å². The fourth-order valence-corrected chi connectivity index (χ4v) is 1.07. The highest BCUT2D eigenvalue weighted by Gasteiger charge is 1.98. The van der Waals surface area contributed by atoms with Crippen LogP contribution >= 0.6 is 0 Å². The van der Waals surface area contributed by atoms with Gasteiger partial charge in [-0.1, -0.05) is 12.8 Å². The molecular weight excluding hydrogens is 188 g/mol. The molecule has 0 fully saturated rings. The predicted octanol–water partition coefficient (Wildman–Crippen LogP) is 2.08. The second-order valence-electron chi connectivity index (χ2n) is 3.04. The first kappa shape index (κ1) is 11.1. The van der Waals surface area contributed by atoms with E-state index in [-0.39, 0.29) is 5.91 Å². The van der Waals surface area contributed by atoms with Crippen LogP contribution in [0.2, 0.25) is 0 Å². The Labute approximate surface area is 89.9 Å². The molecule has 15 heavy (non-hydrogen) atoms. The maximum Gasteiger partial charge on any atom is 0.224 e. The molecule has 3 heteroatoms. The van der Waals surface area contributed by atoms with Gasteiger partial charge in [0, 0.05) is 17.8 Å². The van der Waals surface area contributed by atoms with Crippen LogP contribution in [-0.2, 0) is 4.79 Å². The Kier molecular flexibility index (Phi) is 4.24. The van der Waals surface area contributed by atoms with E-state index in [0.717, 1.165) is 11.4 Å². The Hall–Kier alpha value is -1.95. The van der Waals surface area contributed by atoms with Gasteiger partial charge in [0.2, 0.25) is 5.91 Å². The quantitative estimate of drug-likeness (QED) is 0.734. The SMILES string of the molecule is C#CCNc1ccc(NC(=O)CC)cc1. The molecule has 1 amide bonds. The number of nitrogens with one attached hydrogen (secondary N) is 2. The number of amides is 1. The summed E-state index contributed by atoms with van der Waals surface area (Å²) in [4.78, 5) is 11.1. The molecule has 0 aliphatic heterocycles. The third kappa shape index (κ3) is 3.74. The molecule has 1 aromatic carbocycles. The molecule has 1 rings (SSSR count). The second-order valence-corrected chi connectivity index (χ2v) is 3.04. The van der Waals surface area contributed by atoms with Crippen LogP contribution in [0.4, 0.5) is 11.4 Å². The summed E-state index contributed by atoms with van der Waals surface area (Å²) in [5.74, 6) is 2.50. The van der Waals surface area contributed by atoms with Gasteiger partial charge in [0.1, 0.15) is 0 Å². The summed E-state index contributed by atoms with van der Waals surface area (Å²) in [7, 11) is 0. The lowest BCUT2D eigenvalue weighted by Crippen LogP contribution is -2.09. The number of rotatable bonds is 4. The topological polar surface area (TPSA) is 41.1 Å². The van der Waals surface area contributed by atoms with Crippen molar-refractivity contribution in [3.8, 4) is 12.3 Å². The zero-order valence-electron chi connectivity index (χ0n) is 8.71. The van der Waals surface area contributed by atoms with Gasteiger partial charge in [-0.3, -0.25) is 4.79 Å². The van der Waals surface area contributed by atoms with Gasteiger partial charge in [-0.05, 0) is 24.3 Å². The lowest BCUT2D eigenvalue weighted by Gasteiger charge is -2.05. The number of benzene rings is 1. The zero-order valence-corrected chi connectivity index (χ0v) is 8.71. The lowest BCUT2D eigenvalue weighted by atomic mass is 10.2. The van der Waals surface area contributed by atoms with E-state index in [4.69, 9.17) is 6.42 Å². The minimum Gasteiger partial charge on any atom is -0.374 e. The molecule has 0 unspecified atom stereocenters. The molecule has 3 nitrogen and oxygen atoms in total. The number of hydrogen-bond donors (Lipinski definition) is 2. The van der Waals surface area contributed by atoms with E-state index in [0.29, 0.717) is 13.0 Å². The number of hydrogen-bond acceptors (Lipinski definition) is 2. The molecule has 0 saturated carbocycles. The van der Waals surface area contributed by atoms with E-state index in [1.54, 1.807) is 0 Å². The highest BCUT2D eigenvalue weighted by atomic mass is 16.1. The Morgan fingerprint density at radius 3 is 2.47 bits per heavy atom. The van der Waals surface area contributed by atoms with Crippen LogP contribution in [0.1, 0.15) is 13.3 Å². The molecule has 0 bridgehead atoms. The van der Waals surface area contributed by atoms with E-state index in [2.05, 4.69) is 16.6 Å². The Bertz CT molecular complexity index is 362. The smallest absolute Gasteiger partial charge is 0.224 e. The van der Waals surface area contributed by atoms with Crippen LogP contribution in [0.5, 0.6) is 0 Å². The molecule has 0 spiro atoms. The molecule has 0 aromatic heterocycles. The summed E-state index contributed by atoms with van der Waals surface area (Å²) in [5, 5.41) is 5.81. The average molecular weight is 202 g/mol. The van der Waals surface area contributed by atoms with Crippen molar-refractivity contribution in [2.24, 2.45) is 0 Å². The van der Waals surface area contributed by atoms with E-state index in [9.17, 15) is 4.79 Å². The van der Waals surface area contributed by atoms with Gasteiger partial charge in [-0.2, -0.15) is 0 Å². The molecule has 1 aromatic rings. The minimum atomic E-state index is 0.0133. The second kappa shape index (κ2) is 5.71. The largest absolute Gasteiger partial charge is 0.374 e. The first-order valence-electron chi connectivity index (χ1n) is 4.83. The molecule has 0 radical (unpaired) electrons. The molecule has 0 atom stereocenters. The maximum absolute atomic E-state index is 11.1. The number of carbonyl (C=O) groups is 1. The Balaban J connectivity index is 2.57. The summed E-state index contributed by atoms with van der Waals surface area (Å²) in [6.45, 7) is 2.32. The highest BCUT2D eigenvalue weighted by molar-refractivity contribution is 5.90. The van der Waals surface area contributed by atoms with E-state index in [1.807, 2.05) is 31.2 Å². The average Bonchev–Trinajstić information content (AvgIpc) is 2.28. The van der Waals surface area contributed by atoms with Crippen molar-refractivity contribution >= 4 is 17.3 Å². The van der Waals surface area contributed by atoms with E-state index in [1.165, 1.54) is 0 Å². The van der Waals surface area contributed by atoms with Crippen molar-refractivity contribution in [2.75, 3.05) is 17.2 Å². The van der Waals surface area contributed by atoms with Crippen molar-refractivity contribution in [3.05, 3.63) is 24.3 Å². The third-order valence-electron chi connectivity index (χ3n) is 1.88. The number of carbonyl (C=O) groups excluding carboxylic acids is 1. The van der Waals surface area contributed by atoms with Crippen molar-refractivity contribution in [2.45, 2.75) is 13.3 Å². The van der Waals surface area contributed by atoms with Crippen molar-refractivity contribution in [1.82, 2.24) is 0 Å². The molecule has 2 N–H and O–H groups in total. The van der Waals surface area contributed by atoms with Crippen molar-refractivity contribution in [3.63, 3.8) is 0 Å². The van der Waals surface area contributed by atoms with Crippen LogP contribution in [-0.4, -0.2) is 12.5 Å². The van der Waals surface area contributed by atoms with Crippen LogP contribution in [0.15, 0.2) is 24.3 Å². The van der Waals surface area contributed by atoms with Gasteiger partial charge in [0.15, 0.2) is 0 Å². The fraction of sp³-hybridized carbons (Fsp3) is 0.250. The molecule has 78 valence electrons. The summed E-state index contributed by atoms with van der Waals surface area (Å²) in [5.41, 5.74) is 1.75. The van der Waals surface area contributed by atoms with Crippen LogP contribution in [0.3, 0.4) is 0 Å². The zero-order chi connectivity index (χ0) is 11.1. The molecule has 0 aliphatic rings. The number of anilines is 2. The Morgan fingerprint density at radius 2 is 1.93 bits per heavy atom. The van der Waals surface area contributed by atoms with E-state index >= 15 is 0 Å². The molecule has 0 saturated heterocycles. The van der Waals surface area contributed by atoms with Gasteiger partial charge in [-0.15, -0.1) is 6.42 Å². The van der Waals surface area contributed by atoms with Crippen LogP contribution in [0, 0.1) is 12.3 Å². The number of terminal acetylenes is 1. The summed E-state index contributed by atoms with van der Waals surface area (Å²) in [6, 6.07) is 7.43. The van der Waals surface area contributed by atoms with Crippen LogP contribution < -0.4 is 10.6 Å². The van der Waals surface area contributed by atoms with Gasteiger partial charge in [0.05, 0.1) is 6.54 Å². The van der Waals surface area contributed by atoms with Gasteiger partial charge in [0.25, 0.3) is 0 Å². The summed E-state index contributed by atoms with van der Waals surface area (Å²) >= 11 is 0. The predicted molar refractivity (Wildman–Crippen MR) is 62.7 cm³/mol. The minimum absolute atomic E-state index is 0.0133. The monoisotopic (exact) mass is 202 g/mol. The lowest BCUT2D eigenvalue weighted by molar-refractivity contribution is -0.115. The molecule has 0 heterocycles. The van der Waals surface area contributed by atoms with Crippen molar-refractivity contribution < 1.29 is 4.79 Å². The normalized spacial score (nSPS) is 9.07. The third-order valence-corrected chi connectivity index (χ3v) is 1.88. The summed E-state index contributed by atoms with van der Waals surface area (Å²) < 4.78 is 0. The summed E-state index contributed by atoms with van der Waals surface area (Å²) in [6.07, 6.45) is 5.60. The standard InChI is InChI=1S/C12H14N2O/c1-3-9-13-10-5-7-11(8-6-10)14-12(15)4-2/h1,5-8,13H,4,9H2,2H3,(H,14,15). The highest BCUT2D eigenvalue weighted by Crippen LogP contribution is 2.13. The van der Waals surface area contributed by atoms with Crippen molar-refractivity contribution in [1.29, 1.82) is 0 Å². The maximum atomic E-state index is 11.1. The van der Waals surface area contributed by atoms with Crippen LogP contribution in [0.25, 0.3) is 0 Å². The molecular formula is C12H14N2O. The van der Waals surface area contributed by atoms with E-state index < -0.39 is 0 Å². The fourth-order valence-electron chi connectivity index (χ4n) is 1.07. The molecule has 0 aliphatic carbocycles.